The van der Waals surface area contributed by atoms with Crippen LogP contribution >= 0.6 is 24.0 Å². The molecule has 0 amide bonds. The van der Waals surface area contributed by atoms with Gasteiger partial charge >= 0.3 is 0 Å². The Balaban J connectivity index is 1.36. The van der Waals surface area contributed by atoms with E-state index in [9.17, 15) is 10.1 Å². The standard InChI is InChI=1S/C31H25N5O2S2/c1-21-6-4-7-24(20-21)34-19-5-9-28(34)30-29(27-8-2-3-18-32-27)33-31(39)35(30)22-10-14-25(15-11-22)40-26-16-12-23(13-17-26)36(37)38/h2-20,29-30H,1H3,(H,33,39)/t29-,30-/m1/s1. The van der Waals surface area contributed by atoms with E-state index in [4.69, 9.17) is 12.2 Å². The van der Waals surface area contributed by atoms with Crippen LogP contribution in [0.25, 0.3) is 5.69 Å². The van der Waals surface area contributed by atoms with Crippen molar-refractivity contribution >= 4 is 40.5 Å². The highest BCUT2D eigenvalue weighted by molar-refractivity contribution is 7.99. The third-order valence-corrected chi connectivity index (χ3v) is 8.19. The molecule has 0 spiro atoms. The second-order valence-electron chi connectivity index (χ2n) is 9.49. The van der Waals surface area contributed by atoms with Crippen molar-refractivity contribution in [2.24, 2.45) is 0 Å². The van der Waals surface area contributed by atoms with Crippen molar-refractivity contribution in [1.29, 1.82) is 0 Å². The van der Waals surface area contributed by atoms with Crippen molar-refractivity contribution in [2.75, 3.05) is 4.90 Å². The number of aryl methyl sites for hydroxylation is 1. The lowest BCUT2D eigenvalue weighted by atomic mass is 10.0. The molecule has 3 heterocycles. The van der Waals surface area contributed by atoms with E-state index < -0.39 is 0 Å². The van der Waals surface area contributed by atoms with Crippen LogP contribution in [-0.4, -0.2) is 19.6 Å². The van der Waals surface area contributed by atoms with Crippen LogP contribution in [0.4, 0.5) is 11.4 Å². The number of nitrogens with one attached hydrogen (secondary N) is 1. The lowest BCUT2D eigenvalue weighted by Crippen LogP contribution is -2.30. The SMILES string of the molecule is Cc1cccc(-n2cccc2[C@@H]2[C@@H](c3ccccn3)NC(=S)N2c2ccc(Sc3ccc([N+](=O)[O-])cc3)cc2)c1. The fourth-order valence-electron chi connectivity index (χ4n) is 5.03. The first-order chi connectivity index (χ1) is 19.5. The molecule has 198 valence electrons. The molecule has 1 N–H and O–H groups in total. The molecule has 1 aliphatic heterocycles. The summed E-state index contributed by atoms with van der Waals surface area (Å²) in [5, 5.41) is 15.1. The topological polar surface area (TPSA) is 76.2 Å². The molecule has 2 atom stereocenters. The van der Waals surface area contributed by atoms with Crippen molar-refractivity contribution < 1.29 is 4.92 Å². The molecule has 0 bridgehead atoms. The van der Waals surface area contributed by atoms with Gasteiger partial charge in [0.1, 0.15) is 6.04 Å². The molecule has 2 aromatic heterocycles. The van der Waals surface area contributed by atoms with Gasteiger partial charge in [-0.25, -0.2) is 0 Å². The van der Waals surface area contributed by atoms with E-state index in [0.29, 0.717) is 5.11 Å². The summed E-state index contributed by atoms with van der Waals surface area (Å²) in [7, 11) is 0. The van der Waals surface area contributed by atoms with Crippen molar-refractivity contribution in [2.45, 2.75) is 28.8 Å². The van der Waals surface area contributed by atoms with E-state index in [-0.39, 0.29) is 22.7 Å². The molecule has 0 saturated carbocycles. The summed E-state index contributed by atoms with van der Waals surface area (Å²) in [6.45, 7) is 2.10. The Morgan fingerprint density at radius 3 is 2.33 bits per heavy atom. The van der Waals surface area contributed by atoms with Crippen LogP contribution in [0.1, 0.15) is 29.0 Å². The minimum atomic E-state index is -0.389. The van der Waals surface area contributed by atoms with Gasteiger partial charge in [-0.2, -0.15) is 0 Å². The molecule has 1 fully saturated rings. The number of nitro benzene ring substituents is 1. The number of thiocarbonyl (C=S) groups is 1. The first-order valence-electron chi connectivity index (χ1n) is 12.8. The van der Waals surface area contributed by atoms with Crippen LogP contribution in [0.3, 0.4) is 0 Å². The summed E-state index contributed by atoms with van der Waals surface area (Å²) in [6, 6.07) is 33.1. The van der Waals surface area contributed by atoms with Gasteiger partial charge in [0, 0.05) is 51.4 Å². The predicted molar refractivity (Wildman–Crippen MR) is 162 cm³/mol. The fraction of sp³-hybridized carbons (Fsp3) is 0.0968. The lowest BCUT2D eigenvalue weighted by Gasteiger charge is -2.29. The Bertz CT molecular complexity index is 1670. The first-order valence-corrected chi connectivity index (χ1v) is 14.0. The van der Waals surface area contributed by atoms with Gasteiger partial charge in [-0.3, -0.25) is 15.1 Å². The van der Waals surface area contributed by atoms with Crippen molar-refractivity contribution in [1.82, 2.24) is 14.9 Å². The van der Waals surface area contributed by atoms with E-state index in [1.807, 2.05) is 24.4 Å². The molecule has 0 radical (unpaired) electrons. The van der Waals surface area contributed by atoms with Gasteiger partial charge in [0.15, 0.2) is 5.11 Å². The van der Waals surface area contributed by atoms with E-state index in [0.717, 1.165) is 32.6 Å². The van der Waals surface area contributed by atoms with Gasteiger partial charge in [0.05, 0.1) is 16.7 Å². The van der Waals surface area contributed by atoms with Crippen LogP contribution in [0.15, 0.2) is 125 Å². The zero-order valence-electron chi connectivity index (χ0n) is 21.5. The van der Waals surface area contributed by atoms with Gasteiger partial charge in [0.2, 0.25) is 0 Å². The molecule has 5 aromatic rings. The summed E-state index contributed by atoms with van der Waals surface area (Å²) in [4.78, 5) is 19.4. The minimum absolute atomic E-state index is 0.0821. The Labute approximate surface area is 241 Å². The highest BCUT2D eigenvalue weighted by Gasteiger charge is 2.42. The quantitative estimate of drug-likeness (QED) is 0.125. The molecule has 40 heavy (non-hydrogen) atoms. The number of rotatable bonds is 7. The van der Waals surface area contributed by atoms with Gasteiger partial charge in [-0.05, 0) is 97.5 Å². The molecule has 0 unspecified atom stereocenters. The molecule has 6 rings (SSSR count). The number of nitrogens with zero attached hydrogens (tertiary/aromatic N) is 4. The Kier molecular flexibility index (Phi) is 7.06. The zero-order chi connectivity index (χ0) is 27.6. The largest absolute Gasteiger partial charge is 0.351 e. The van der Waals surface area contributed by atoms with Crippen LogP contribution in [-0.2, 0) is 0 Å². The third-order valence-electron chi connectivity index (χ3n) is 6.86. The number of hydrogen-bond donors (Lipinski definition) is 1. The fourth-order valence-corrected chi connectivity index (χ4v) is 6.19. The normalized spacial score (nSPS) is 16.6. The van der Waals surface area contributed by atoms with E-state index in [1.54, 1.807) is 23.9 Å². The predicted octanol–water partition coefficient (Wildman–Crippen LogP) is 7.42. The zero-order valence-corrected chi connectivity index (χ0v) is 23.2. The maximum absolute atomic E-state index is 11.0. The van der Waals surface area contributed by atoms with Crippen molar-refractivity contribution in [3.05, 3.63) is 143 Å². The van der Waals surface area contributed by atoms with Crippen LogP contribution in [0.2, 0.25) is 0 Å². The molecule has 1 saturated heterocycles. The van der Waals surface area contributed by atoms with Gasteiger partial charge in [0.25, 0.3) is 5.69 Å². The van der Waals surface area contributed by atoms with Crippen LogP contribution in [0, 0.1) is 17.0 Å². The smallest absolute Gasteiger partial charge is 0.269 e. The van der Waals surface area contributed by atoms with E-state index >= 15 is 0 Å². The third kappa shape index (κ3) is 5.09. The molecule has 3 aromatic carbocycles. The summed E-state index contributed by atoms with van der Waals surface area (Å²) in [5.41, 5.74) is 5.34. The molecular formula is C31H25N5O2S2. The Morgan fingerprint density at radius 2 is 1.65 bits per heavy atom. The second kappa shape index (κ2) is 11.0. The number of pyridine rings is 1. The molecule has 1 aliphatic rings. The average Bonchev–Trinajstić information content (AvgIpc) is 3.59. The summed E-state index contributed by atoms with van der Waals surface area (Å²) < 4.78 is 2.22. The maximum Gasteiger partial charge on any atom is 0.269 e. The van der Waals surface area contributed by atoms with Gasteiger partial charge in [-0.15, -0.1) is 0 Å². The molecule has 7 nitrogen and oxygen atoms in total. The van der Waals surface area contributed by atoms with E-state index in [1.165, 1.54) is 17.7 Å². The number of anilines is 1. The monoisotopic (exact) mass is 563 g/mol. The molecule has 0 aliphatic carbocycles. The van der Waals surface area contributed by atoms with Crippen molar-refractivity contribution in [3.8, 4) is 5.69 Å². The van der Waals surface area contributed by atoms with E-state index in [2.05, 4.69) is 93.6 Å². The lowest BCUT2D eigenvalue weighted by molar-refractivity contribution is -0.384. The Morgan fingerprint density at radius 1 is 0.900 bits per heavy atom. The average molecular weight is 564 g/mol. The summed E-state index contributed by atoms with van der Waals surface area (Å²) in [6.07, 6.45) is 3.90. The van der Waals surface area contributed by atoms with Crippen molar-refractivity contribution in [3.63, 3.8) is 0 Å². The van der Waals surface area contributed by atoms with Gasteiger partial charge < -0.3 is 14.8 Å². The minimum Gasteiger partial charge on any atom is -0.351 e. The summed E-state index contributed by atoms with van der Waals surface area (Å²) in [5.74, 6) is 0. The highest BCUT2D eigenvalue weighted by atomic mass is 32.2. The van der Waals surface area contributed by atoms with Gasteiger partial charge in [-0.1, -0.05) is 30.0 Å². The first kappa shape index (κ1) is 25.8. The summed E-state index contributed by atoms with van der Waals surface area (Å²) >= 11 is 7.47. The molecular weight excluding hydrogens is 539 g/mol. The number of benzene rings is 3. The second-order valence-corrected chi connectivity index (χ2v) is 11.0. The number of non-ortho nitro benzene ring substituents is 1. The number of hydrogen-bond acceptors (Lipinski definition) is 5. The Hall–Kier alpha value is -4.47. The molecule has 9 heteroatoms. The van der Waals surface area contributed by atoms with Crippen LogP contribution < -0.4 is 10.2 Å². The highest BCUT2D eigenvalue weighted by Crippen LogP contribution is 2.43. The number of aromatic nitrogens is 2. The maximum atomic E-state index is 11.0. The van der Waals surface area contributed by atoms with Crippen LogP contribution in [0.5, 0.6) is 0 Å². The number of nitro groups is 1.